The standard InChI is InChI=1S/C25H35N3O3S/c1-3-27(4-2)19-24-13-9-8-12-23(24)18-26-25(29)22-14-16-28(17-15-22)32(30,31)20-21-10-6-5-7-11-21/h5-13,22H,3-4,14-20H2,1-2H3,(H,26,29). The molecular weight excluding hydrogens is 422 g/mol. The quantitative estimate of drug-likeness (QED) is 0.594. The second-order valence-corrected chi connectivity index (χ2v) is 10.3. The van der Waals surface area contributed by atoms with Gasteiger partial charge < -0.3 is 5.32 Å². The lowest BCUT2D eigenvalue weighted by Crippen LogP contribution is -2.43. The maximum absolute atomic E-state index is 12.8. The van der Waals surface area contributed by atoms with Crippen LogP contribution in [0.25, 0.3) is 0 Å². The Hall–Kier alpha value is -2.22. The number of benzene rings is 2. The van der Waals surface area contributed by atoms with E-state index in [0.29, 0.717) is 32.5 Å². The van der Waals surface area contributed by atoms with Crippen molar-refractivity contribution in [2.75, 3.05) is 26.2 Å². The number of amides is 1. The van der Waals surface area contributed by atoms with Gasteiger partial charge in [0.05, 0.1) is 5.75 Å². The van der Waals surface area contributed by atoms with E-state index in [-0.39, 0.29) is 17.6 Å². The lowest BCUT2D eigenvalue weighted by molar-refractivity contribution is -0.126. The number of piperidine rings is 1. The van der Waals surface area contributed by atoms with E-state index in [4.69, 9.17) is 0 Å². The van der Waals surface area contributed by atoms with E-state index in [1.807, 2.05) is 42.5 Å². The van der Waals surface area contributed by atoms with Gasteiger partial charge in [0.25, 0.3) is 0 Å². The summed E-state index contributed by atoms with van der Waals surface area (Å²) in [6, 6.07) is 17.5. The molecule has 0 spiro atoms. The van der Waals surface area contributed by atoms with Crippen molar-refractivity contribution in [2.45, 2.75) is 45.5 Å². The highest BCUT2D eigenvalue weighted by molar-refractivity contribution is 7.88. The molecule has 3 rings (SSSR count). The van der Waals surface area contributed by atoms with Crippen LogP contribution in [0, 0.1) is 5.92 Å². The molecule has 1 aliphatic rings. The molecule has 1 N–H and O–H groups in total. The summed E-state index contributed by atoms with van der Waals surface area (Å²) in [7, 11) is -3.37. The van der Waals surface area contributed by atoms with Crippen molar-refractivity contribution in [3.8, 4) is 0 Å². The van der Waals surface area contributed by atoms with Crippen LogP contribution in [0.2, 0.25) is 0 Å². The third-order valence-electron chi connectivity index (χ3n) is 6.27. The van der Waals surface area contributed by atoms with Gasteiger partial charge >= 0.3 is 0 Å². The zero-order valence-electron chi connectivity index (χ0n) is 19.2. The molecule has 1 saturated heterocycles. The van der Waals surface area contributed by atoms with Crippen LogP contribution in [-0.2, 0) is 33.7 Å². The molecule has 0 aliphatic carbocycles. The van der Waals surface area contributed by atoms with Crippen LogP contribution < -0.4 is 5.32 Å². The normalized spacial score (nSPS) is 15.7. The van der Waals surface area contributed by atoms with Crippen molar-refractivity contribution in [3.05, 3.63) is 71.3 Å². The minimum atomic E-state index is -3.37. The molecule has 7 heteroatoms. The Morgan fingerprint density at radius 1 is 0.969 bits per heavy atom. The topological polar surface area (TPSA) is 69.7 Å². The summed E-state index contributed by atoms with van der Waals surface area (Å²) in [5.74, 6) is -0.121. The molecule has 1 heterocycles. The Labute approximate surface area is 192 Å². The van der Waals surface area contributed by atoms with Gasteiger partial charge in [-0.25, -0.2) is 12.7 Å². The van der Waals surface area contributed by atoms with Crippen molar-refractivity contribution in [2.24, 2.45) is 5.92 Å². The molecule has 2 aromatic carbocycles. The zero-order valence-corrected chi connectivity index (χ0v) is 20.0. The van der Waals surface area contributed by atoms with Crippen molar-refractivity contribution < 1.29 is 13.2 Å². The van der Waals surface area contributed by atoms with E-state index >= 15 is 0 Å². The average Bonchev–Trinajstić information content (AvgIpc) is 2.82. The number of carbonyl (C=O) groups is 1. The number of sulfonamides is 1. The largest absolute Gasteiger partial charge is 0.352 e. The molecule has 2 aromatic rings. The number of carbonyl (C=O) groups excluding carboxylic acids is 1. The first-order chi connectivity index (χ1) is 15.4. The Morgan fingerprint density at radius 2 is 1.56 bits per heavy atom. The van der Waals surface area contributed by atoms with Gasteiger partial charge in [-0.3, -0.25) is 9.69 Å². The number of rotatable bonds is 10. The summed E-state index contributed by atoms with van der Waals surface area (Å²) < 4.78 is 27.0. The van der Waals surface area contributed by atoms with Gasteiger partial charge in [-0.2, -0.15) is 0 Å². The van der Waals surface area contributed by atoms with Gasteiger partial charge in [-0.05, 0) is 42.6 Å². The van der Waals surface area contributed by atoms with Gasteiger partial charge in [0.15, 0.2) is 0 Å². The zero-order chi connectivity index (χ0) is 23.0. The number of nitrogens with zero attached hydrogens (tertiary/aromatic N) is 2. The third-order valence-corrected chi connectivity index (χ3v) is 8.12. The number of hydrogen-bond donors (Lipinski definition) is 1. The lowest BCUT2D eigenvalue weighted by atomic mass is 9.97. The van der Waals surface area contributed by atoms with Crippen LogP contribution in [0.1, 0.15) is 43.4 Å². The SMILES string of the molecule is CCN(CC)Cc1ccccc1CNC(=O)C1CCN(S(=O)(=O)Cc2ccccc2)CC1. The summed E-state index contributed by atoms with van der Waals surface area (Å²) in [6.07, 6.45) is 1.11. The number of nitrogens with one attached hydrogen (secondary N) is 1. The number of hydrogen-bond acceptors (Lipinski definition) is 4. The highest BCUT2D eigenvalue weighted by Crippen LogP contribution is 2.22. The fourth-order valence-electron chi connectivity index (χ4n) is 4.17. The Balaban J connectivity index is 1.51. The summed E-state index contributed by atoms with van der Waals surface area (Å²) in [4.78, 5) is 15.1. The minimum Gasteiger partial charge on any atom is -0.352 e. The maximum atomic E-state index is 12.8. The molecule has 1 fully saturated rings. The van der Waals surface area contributed by atoms with Crippen LogP contribution in [0.4, 0.5) is 0 Å². The Kier molecular flexibility index (Phi) is 8.84. The second kappa shape index (κ2) is 11.6. The van der Waals surface area contributed by atoms with Crippen molar-refractivity contribution in [3.63, 3.8) is 0 Å². The van der Waals surface area contributed by atoms with Crippen LogP contribution in [0.15, 0.2) is 54.6 Å². The molecule has 32 heavy (non-hydrogen) atoms. The fourth-order valence-corrected chi connectivity index (χ4v) is 5.73. The molecule has 0 atom stereocenters. The first kappa shape index (κ1) is 24.4. The molecule has 0 unspecified atom stereocenters. The van der Waals surface area contributed by atoms with E-state index in [2.05, 4.69) is 36.2 Å². The maximum Gasteiger partial charge on any atom is 0.223 e. The van der Waals surface area contributed by atoms with E-state index in [9.17, 15) is 13.2 Å². The first-order valence-electron chi connectivity index (χ1n) is 11.5. The van der Waals surface area contributed by atoms with Crippen LogP contribution in [0.5, 0.6) is 0 Å². The molecule has 1 amide bonds. The molecule has 6 nitrogen and oxygen atoms in total. The third kappa shape index (κ3) is 6.64. The summed E-state index contributed by atoms with van der Waals surface area (Å²) in [5, 5.41) is 3.09. The van der Waals surface area contributed by atoms with E-state index in [1.54, 1.807) is 0 Å². The van der Waals surface area contributed by atoms with Crippen molar-refractivity contribution in [1.82, 2.24) is 14.5 Å². The molecular formula is C25H35N3O3S. The van der Waals surface area contributed by atoms with Gasteiger partial charge in [-0.1, -0.05) is 68.4 Å². The van der Waals surface area contributed by atoms with Crippen LogP contribution in [0.3, 0.4) is 0 Å². The van der Waals surface area contributed by atoms with Gasteiger partial charge in [-0.15, -0.1) is 0 Å². The Morgan fingerprint density at radius 3 is 2.19 bits per heavy atom. The molecule has 174 valence electrons. The molecule has 0 saturated carbocycles. The van der Waals surface area contributed by atoms with Gasteiger partial charge in [0.1, 0.15) is 0 Å². The second-order valence-electron chi connectivity index (χ2n) is 8.36. The van der Waals surface area contributed by atoms with Crippen LogP contribution in [-0.4, -0.2) is 49.7 Å². The molecule has 0 aromatic heterocycles. The van der Waals surface area contributed by atoms with Crippen molar-refractivity contribution in [1.29, 1.82) is 0 Å². The fraction of sp³-hybridized carbons (Fsp3) is 0.480. The summed E-state index contributed by atoms with van der Waals surface area (Å²) in [5.41, 5.74) is 3.16. The van der Waals surface area contributed by atoms with Gasteiger partial charge in [0.2, 0.25) is 15.9 Å². The van der Waals surface area contributed by atoms with Gasteiger partial charge in [0, 0.05) is 32.1 Å². The summed E-state index contributed by atoms with van der Waals surface area (Å²) >= 11 is 0. The average molecular weight is 458 g/mol. The highest BCUT2D eigenvalue weighted by Gasteiger charge is 2.31. The summed E-state index contributed by atoms with van der Waals surface area (Å²) in [6.45, 7) is 8.45. The smallest absolute Gasteiger partial charge is 0.223 e. The molecule has 1 aliphatic heterocycles. The van der Waals surface area contributed by atoms with E-state index in [1.165, 1.54) is 9.87 Å². The first-order valence-corrected chi connectivity index (χ1v) is 13.1. The lowest BCUT2D eigenvalue weighted by Gasteiger charge is -2.30. The minimum absolute atomic E-state index is 0.00796. The molecule has 0 bridgehead atoms. The Bertz CT molecular complexity index is 967. The van der Waals surface area contributed by atoms with E-state index < -0.39 is 10.0 Å². The van der Waals surface area contributed by atoms with Crippen molar-refractivity contribution >= 4 is 15.9 Å². The predicted octanol–water partition coefficient (Wildman–Crippen LogP) is 3.39. The van der Waals surface area contributed by atoms with Crippen LogP contribution >= 0.6 is 0 Å². The predicted molar refractivity (Wildman–Crippen MR) is 128 cm³/mol. The molecule has 0 radical (unpaired) electrons. The highest BCUT2D eigenvalue weighted by atomic mass is 32.2. The monoisotopic (exact) mass is 457 g/mol. The van der Waals surface area contributed by atoms with E-state index in [0.717, 1.165) is 30.8 Å².